The zero-order chi connectivity index (χ0) is 21.4. The number of ether oxygens (including phenoxy) is 2. The van der Waals surface area contributed by atoms with E-state index in [9.17, 15) is 14.7 Å². The number of carbonyl (C=O) groups excluding carboxylic acids is 2. The van der Waals surface area contributed by atoms with Crippen LogP contribution in [0.1, 0.15) is 34.0 Å². The number of fused-ring (bicyclic) bond motifs is 6. The molecule has 5 rings (SSSR count). The lowest BCUT2D eigenvalue weighted by Gasteiger charge is -2.54. The van der Waals surface area contributed by atoms with Gasteiger partial charge in [0.25, 0.3) is 5.91 Å². The molecule has 1 saturated heterocycles. The molecule has 0 radical (unpaired) electrons. The summed E-state index contributed by atoms with van der Waals surface area (Å²) in [6.45, 7) is 5.81. The smallest absolute Gasteiger partial charge is 0.257 e. The molecule has 7 heteroatoms. The Morgan fingerprint density at radius 3 is 2.47 bits per heavy atom. The van der Waals surface area contributed by atoms with Gasteiger partial charge in [0, 0.05) is 22.4 Å². The van der Waals surface area contributed by atoms with Crippen molar-refractivity contribution in [3.05, 3.63) is 65.2 Å². The summed E-state index contributed by atoms with van der Waals surface area (Å²) in [4.78, 5) is 29.3. The van der Waals surface area contributed by atoms with Crippen molar-refractivity contribution in [1.82, 2.24) is 9.80 Å². The molecule has 0 saturated carbocycles. The second-order valence-electron chi connectivity index (χ2n) is 7.86. The summed E-state index contributed by atoms with van der Waals surface area (Å²) in [6, 6.07) is 9.10. The number of amides is 2. The average molecular weight is 406 g/mol. The van der Waals surface area contributed by atoms with E-state index >= 15 is 0 Å². The molecule has 2 amide bonds. The topological polar surface area (TPSA) is 79.3 Å². The number of piperazine rings is 1. The van der Waals surface area contributed by atoms with Crippen LogP contribution in [0.4, 0.5) is 0 Å². The van der Waals surface area contributed by atoms with E-state index < -0.39 is 17.8 Å². The fraction of sp³-hybridized carbons (Fsp3) is 0.304. The van der Waals surface area contributed by atoms with Gasteiger partial charge in [0.2, 0.25) is 5.91 Å². The Morgan fingerprint density at radius 1 is 1.10 bits per heavy atom. The number of carbonyl (C=O) groups is 2. The van der Waals surface area contributed by atoms with Gasteiger partial charge in [0.05, 0.1) is 20.3 Å². The highest BCUT2D eigenvalue weighted by Crippen LogP contribution is 2.51. The summed E-state index contributed by atoms with van der Waals surface area (Å²) in [7, 11) is 3.11. The van der Waals surface area contributed by atoms with Crippen molar-refractivity contribution in [2.45, 2.75) is 31.2 Å². The molecule has 0 spiro atoms. The van der Waals surface area contributed by atoms with Gasteiger partial charge in [-0.2, -0.15) is 0 Å². The molecule has 1 N–H and O–H groups in total. The molecule has 3 atom stereocenters. The van der Waals surface area contributed by atoms with Gasteiger partial charge in [0.1, 0.15) is 6.04 Å². The van der Waals surface area contributed by atoms with Crippen LogP contribution in [0.15, 0.2) is 43.0 Å². The molecule has 7 nitrogen and oxygen atoms in total. The second-order valence-corrected chi connectivity index (χ2v) is 7.86. The Labute approximate surface area is 174 Å². The van der Waals surface area contributed by atoms with Crippen LogP contribution in [0, 0.1) is 0 Å². The standard InChI is InChI=1S/C23H22N2O5/c1-12-16-11-19(30-4)18(29-3)9-14(16)10-20-23(28)17-8-6-5-7-15(17)22(27)25(23)13(2)21(26)24(12)20/h5-9,11,13,20,28H,1,10H2,2-4H3/t13-,20+,23+/m1/s1. The Morgan fingerprint density at radius 2 is 1.77 bits per heavy atom. The van der Waals surface area contributed by atoms with Crippen molar-refractivity contribution >= 4 is 17.5 Å². The van der Waals surface area contributed by atoms with Crippen molar-refractivity contribution in [3.63, 3.8) is 0 Å². The van der Waals surface area contributed by atoms with Crippen LogP contribution < -0.4 is 9.47 Å². The first-order valence-corrected chi connectivity index (χ1v) is 9.77. The molecule has 2 aromatic carbocycles. The average Bonchev–Trinajstić information content (AvgIpc) is 2.99. The molecule has 3 heterocycles. The Bertz CT molecular complexity index is 1130. The highest BCUT2D eigenvalue weighted by molar-refractivity contribution is 6.05. The number of hydrogen-bond acceptors (Lipinski definition) is 5. The van der Waals surface area contributed by atoms with Crippen LogP contribution in [0.2, 0.25) is 0 Å². The summed E-state index contributed by atoms with van der Waals surface area (Å²) in [5.74, 6) is 0.489. The highest BCUT2D eigenvalue weighted by Gasteiger charge is 2.63. The maximum Gasteiger partial charge on any atom is 0.257 e. The van der Waals surface area contributed by atoms with E-state index in [2.05, 4.69) is 6.58 Å². The minimum absolute atomic E-state index is 0.267. The molecular formula is C23H22N2O5. The predicted octanol–water partition coefficient (Wildman–Crippen LogP) is 2.13. The van der Waals surface area contributed by atoms with E-state index in [4.69, 9.17) is 9.47 Å². The van der Waals surface area contributed by atoms with E-state index in [1.54, 1.807) is 56.4 Å². The van der Waals surface area contributed by atoms with Crippen LogP contribution in [-0.2, 0) is 16.9 Å². The lowest BCUT2D eigenvalue weighted by atomic mass is 9.80. The molecule has 0 aromatic heterocycles. The number of aliphatic hydroxyl groups is 1. The molecule has 0 bridgehead atoms. The highest BCUT2D eigenvalue weighted by atomic mass is 16.5. The van der Waals surface area contributed by atoms with Gasteiger partial charge in [-0.3, -0.25) is 14.5 Å². The molecule has 0 unspecified atom stereocenters. The molecule has 2 aromatic rings. The van der Waals surface area contributed by atoms with E-state index in [1.165, 1.54) is 4.90 Å². The maximum absolute atomic E-state index is 13.3. The van der Waals surface area contributed by atoms with E-state index in [0.29, 0.717) is 34.7 Å². The molecule has 154 valence electrons. The number of benzene rings is 2. The van der Waals surface area contributed by atoms with E-state index in [-0.39, 0.29) is 11.8 Å². The van der Waals surface area contributed by atoms with Gasteiger partial charge < -0.3 is 19.5 Å². The van der Waals surface area contributed by atoms with Gasteiger partial charge in [-0.15, -0.1) is 0 Å². The minimum atomic E-state index is -1.64. The quantitative estimate of drug-likeness (QED) is 0.827. The zero-order valence-electron chi connectivity index (χ0n) is 17.0. The fourth-order valence-electron chi connectivity index (χ4n) is 5.11. The van der Waals surface area contributed by atoms with Crippen molar-refractivity contribution in [2.75, 3.05) is 14.2 Å². The van der Waals surface area contributed by atoms with Gasteiger partial charge in [-0.25, -0.2) is 0 Å². The number of nitrogens with zero attached hydrogens (tertiary/aromatic N) is 2. The van der Waals surface area contributed by atoms with Gasteiger partial charge in [-0.1, -0.05) is 24.8 Å². The van der Waals surface area contributed by atoms with Crippen molar-refractivity contribution in [1.29, 1.82) is 0 Å². The third-order valence-electron chi connectivity index (χ3n) is 6.52. The first kappa shape index (κ1) is 18.7. The summed E-state index contributed by atoms with van der Waals surface area (Å²) in [5.41, 5.74) is 1.40. The Hall–Kier alpha value is -3.32. The third kappa shape index (κ3) is 2.07. The van der Waals surface area contributed by atoms with E-state index in [1.807, 2.05) is 6.07 Å². The Balaban J connectivity index is 1.73. The van der Waals surface area contributed by atoms with Crippen molar-refractivity contribution in [2.24, 2.45) is 0 Å². The van der Waals surface area contributed by atoms with Gasteiger partial charge in [0.15, 0.2) is 17.2 Å². The second kappa shape index (κ2) is 6.09. The van der Waals surface area contributed by atoms with Crippen LogP contribution in [-0.4, -0.2) is 53.0 Å². The number of rotatable bonds is 2. The summed E-state index contributed by atoms with van der Waals surface area (Å²) < 4.78 is 10.8. The lowest BCUT2D eigenvalue weighted by Crippen LogP contribution is -2.70. The first-order chi connectivity index (χ1) is 14.3. The molecular weight excluding hydrogens is 384 g/mol. The largest absolute Gasteiger partial charge is 0.493 e. The number of hydrogen-bond donors (Lipinski definition) is 1. The zero-order valence-corrected chi connectivity index (χ0v) is 17.0. The lowest BCUT2D eigenvalue weighted by molar-refractivity contribution is -0.189. The van der Waals surface area contributed by atoms with Gasteiger partial charge >= 0.3 is 0 Å². The normalized spacial score (nSPS) is 26.7. The van der Waals surface area contributed by atoms with Crippen LogP contribution >= 0.6 is 0 Å². The number of methoxy groups -OCH3 is 2. The molecule has 0 aliphatic carbocycles. The first-order valence-electron chi connectivity index (χ1n) is 9.77. The minimum Gasteiger partial charge on any atom is -0.493 e. The summed E-state index contributed by atoms with van der Waals surface area (Å²) >= 11 is 0. The van der Waals surface area contributed by atoms with E-state index in [0.717, 1.165) is 11.1 Å². The molecule has 3 aliphatic heterocycles. The van der Waals surface area contributed by atoms with Gasteiger partial charge in [-0.05, 0) is 37.1 Å². The monoisotopic (exact) mass is 406 g/mol. The molecule has 1 fully saturated rings. The summed E-state index contributed by atoms with van der Waals surface area (Å²) in [5, 5.41) is 12.0. The van der Waals surface area contributed by atoms with Crippen LogP contribution in [0.5, 0.6) is 11.5 Å². The molecule has 3 aliphatic rings. The molecule has 30 heavy (non-hydrogen) atoms. The third-order valence-corrected chi connectivity index (χ3v) is 6.52. The maximum atomic E-state index is 13.3. The fourth-order valence-corrected chi connectivity index (χ4v) is 5.11. The van der Waals surface area contributed by atoms with Crippen LogP contribution in [0.25, 0.3) is 5.70 Å². The summed E-state index contributed by atoms with van der Waals surface area (Å²) in [6.07, 6.45) is 0.335. The van der Waals surface area contributed by atoms with Crippen molar-refractivity contribution < 1.29 is 24.2 Å². The Kier molecular flexibility index (Phi) is 3.79. The predicted molar refractivity (Wildman–Crippen MR) is 109 cm³/mol. The van der Waals surface area contributed by atoms with Crippen molar-refractivity contribution in [3.8, 4) is 11.5 Å². The van der Waals surface area contributed by atoms with Crippen LogP contribution in [0.3, 0.4) is 0 Å². The SMILES string of the molecule is C=C1c2cc(OC)c(OC)cc2C[C@@H]2N1C(=O)[C@@H](C)N1C(=O)c3ccccc3[C@]21O.